The van der Waals surface area contributed by atoms with Gasteiger partial charge in [0.2, 0.25) is 10.0 Å². The molecular formula is C30H37FN4O6S. The van der Waals surface area contributed by atoms with Gasteiger partial charge in [-0.1, -0.05) is 19.9 Å². The van der Waals surface area contributed by atoms with Crippen LogP contribution in [0.4, 0.5) is 4.39 Å². The van der Waals surface area contributed by atoms with Gasteiger partial charge in [-0.05, 0) is 60.7 Å². The standard InChI is InChI=1S/C30H37FN4O6S/c1-18-24(11-20(12-26(18)31)28(38)33-21-5-6-21)19-4-7-23-25(10-19)27(14-34(29(23)39)16-30(2,3)17-37)42(40,41)35-9-8-32-22(13-35)15-36/h4,7,10-12,14,21-22,32,36-37H,5-6,8-9,13,15-17H2,1-3H3,(H,33,38). The fraction of sp³-hybridized carbons (Fsp3) is 0.467. The van der Waals surface area contributed by atoms with Gasteiger partial charge in [-0.3, -0.25) is 9.59 Å². The van der Waals surface area contributed by atoms with Crippen LogP contribution in [0.15, 0.2) is 46.2 Å². The average molecular weight is 601 g/mol. The van der Waals surface area contributed by atoms with Crippen molar-refractivity contribution in [1.82, 2.24) is 19.5 Å². The highest BCUT2D eigenvalue weighted by Crippen LogP contribution is 2.33. The molecule has 1 aromatic heterocycles. The van der Waals surface area contributed by atoms with Gasteiger partial charge in [-0.2, -0.15) is 4.31 Å². The summed E-state index contributed by atoms with van der Waals surface area (Å²) in [6.07, 6.45) is 3.08. The Kier molecular flexibility index (Phi) is 8.29. The molecule has 2 fully saturated rings. The van der Waals surface area contributed by atoms with Crippen molar-refractivity contribution in [2.45, 2.75) is 57.1 Å². The van der Waals surface area contributed by atoms with Gasteiger partial charge in [0.15, 0.2) is 0 Å². The average Bonchev–Trinajstić information content (AvgIpc) is 3.79. The molecule has 12 heteroatoms. The highest BCUT2D eigenvalue weighted by atomic mass is 32.2. The lowest BCUT2D eigenvalue weighted by atomic mass is 9.94. The molecule has 1 amide bonds. The molecule has 5 rings (SSSR count). The zero-order valence-electron chi connectivity index (χ0n) is 24.0. The normalized spacial score (nSPS) is 18.4. The minimum absolute atomic E-state index is 0.0454. The van der Waals surface area contributed by atoms with E-state index in [0.717, 1.165) is 12.8 Å². The summed E-state index contributed by atoms with van der Waals surface area (Å²) < 4.78 is 45.9. The van der Waals surface area contributed by atoms with Gasteiger partial charge in [-0.15, -0.1) is 0 Å². The van der Waals surface area contributed by atoms with Gasteiger partial charge in [0.25, 0.3) is 11.5 Å². The Hall–Kier alpha value is -3.16. The summed E-state index contributed by atoms with van der Waals surface area (Å²) >= 11 is 0. The molecule has 10 nitrogen and oxygen atoms in total. The molecule has 3 aromatic rings. The molecule has 1 saturated heterocycles. The van der Waals surface area contributed by atoms with Crippen molar-refractivity contribution < 1.29 is 27.8 Å². The lowest BCUT2D eigenvalue weighted by Gasteiger charge is -2.32. The van der Waals surface area contributed by atoms with E-state index in [1.54, 1.807) is 39.0 Å². The molecule has 0 radical (unpaired) electrons. The van der Waals surface area contributed by atoms with E-state index >= 15 is 4.39 Å². The molecule has 0 spiro atoms. The zero-order chi connectivity index (χ0) is 30.4. The number of aromatic nitrogens is 1. The predicted octanol–water partition coefficient (Wildman–Crippen LogP) is 1.98. The summed E-state index contributed by atoms with van der Waals surface area (Å²) in [7, 11) is -4.16. The van der Waals surface area contributed by atoms with Gasteiger partial charge >= 0.3 is 0 Å². The smallest absolute Gasteiger partial charge is 0.258 e. The summed E-state index contributed by atoms with van der Waals surface area (Å²) in [6, 6.07) is 7.13. The molecule has 1 unspecified atom stereocenters. The number of piperazine rings is 1. The monoisotopic (exact) mass is 600 g/mol. The maximum atomic E-state index is 15.1. The number of carbonyl (C=O) groups excluding carboxylic acids is 1. The molecule has 1 saturated carbocycles. The molecule has 2 aromatic carbocycles. The number of hydrogen-bond acceptors (Lipinski definition) is 7. The fourth-order valence-corrected chi connectivity index (χ4v) is 6.93. The minimum Gasteiger partial charge on any atom is -0.396 e. The predicted molar refractivity (Wildman–Crippen MR) is 157 cm³/mol. The number of rotatable bonds is 9. The van der Waals surface area contributed by atoms with Crippen LogP contribution in [0.25, 0.3) is 21.9 Å². The Labute approximate surface area is 244 Å². The van der Waals surface area contributed by atoms with Crippen molar-refractivity contribution in [2.24, 2.45) is 5.41 Å². The van der Waals surface area contributed by atoms with E-state index in [2.05, 4.69) is 10.6 Å². The second kappa shape index (κ2) is 11.5. The number of halogens is 1. The van der Waals surface area contributed by atoms with Crippen molar-refractivity contribution in [3.8, 4) is 11.1 Å². The summed E-state index contributed by atoms with van der Waals surface area (Å²) in [4.78, 5) is 26.2. The third-order valence-electron chi connectivity index (χ3n) is 7.96. The number of carbonyl (C=O) groups is 1. The van der Waals surface area contributed by atoms with E-state index in [0.29, 0.717) is 17.7 Å². The van der Waals surface area contributed by atoms with Gasteiger partial charge in [-0.25, -0.2) is 12.8 Å². The molecule has 2 aliphatic rings. The molecule has 2 heterocycles. The SMILES string of the molecule is Cc1c(F)cc(C(=O)NC2CC2)cc1-c1ccc2c(=O)n(CC(C)(C)CO)cc(S(=O)(=O)N3CCNC(CO)C3)c2c1. The zero-order valence-corrected chi connectivity index (χ0v) is 24.8. The van der Waals surface area contributed by atoms with Crippen molar-refractivity contribution in [3.05, 3.63) is 63.8 Å². The molecule has 4 N–H and O–H groups in total. The lowest BCUT2D eigenvalue weighted by molar-refractivity contribution is 0.0950. The van der Waals surface area contributed by atoms with Gasteiger partial charge in [0.05, 0.1) is 6.61 Å². The molecule has 42 heavy (non-hydrogen) atoms. The Morgan fingerprint density at radius 1 is 1.17 bits per heavy atom. The van der Waals surface area contributed by atoms with E-state index in [1.807, 2.05) is 0 Å². The highest BCUT2D eigenvalue weighted by Gasteiger charge is 2.33. The van der Waals surface area contributed by atoms with Gasteiger partial charge in [0.1, 0.15) is 10.7 Å². The largest absolute Gasteiger partial charge is 0.396 e. The van der Waals surface area contributed by atoms with Crippen molar-refractivity contribution in [1.29, 1.82) is 0 Å². The number of sulfonamides is 1. The molecular weight excluding hydrogens is 563 g/mol. The number of benzene rings is 2. The summed E-state index contributed by atoms with van der Waals surface area (Å²) in [5, 5.41) is 25.8. The number of nitrogens with zero attached hydrogens (tertiary/aromatic N) is 2. The van der Waals surface area contributed by atoms with Crippen LogP contribution in [0.5, 0.6) is 0 Å². The number of amides is 1. The van der Waals surface area contributed by atoms with Gasteiger partial charge < -0.3 is 25.4 Å². The Balaban J connectivity index is 1.69. The molecule has 1 aliphatic heterocycles. The van der Waals surface area contributed by atoms with Crippen LogP contribution < -0.4 is 16.2 Å². The van der Waals surface area contributed by atoms with Crippen molar-refractivity contribution >= 4 is 26.7 Å². The Morgan fingerprint density at radius 3 is 2.57 bits per heavy atom. The summed E-state index contributed by atoms with van der Waals surface area (Å²) in [5.41, 5.74) is 0.183. The second-order valence-electron chi connectivity index (χ2n) is 12.1. The van der Waals surface area contributed by atoms with Crippen LogP contribution in [-0.4, -0.2) is 78.3 Å². The molecule has 1 atom stereocenters. The maximum absolute atomic E-state index is 15.1. The quantitative estimate of drug-likeness (QED) is 0.294. The first kappa shape index (κ1) is 30.3. The van der Waals surface area contributed by atoms with E-state index in [9.17, 15) is 28.2 Å². The van der Waals surface area contributed by atoms with Crippen molar-refractivity contribution in [3.63, 3.8) is 0 Å². The summed E-state index contributed by atoms with van der Waals surface area (Å²) in [5.74, 6) is -0.952. The molecule has 1 aliphatic carbocycles. The fourth-order valence-electron chi connectivity index (χ4n) is 5.24. The number of aliphatic hydroxyl groups is 2. The second-order valence-corrected chi connectivity index (χ2v) is 14.0. The van der Waals surface area contributed by atoms with E-state index in [1.165, 1.54) is 27.2 Å². The number of hydrogen-bond donors (Lipinski definition) is 4. The third kappa shape index (κ3) is 6.00. The van der Waals surface area contributed by atoms with Crippen LogP contribution >= 0.6 is 0 Å². The van der Waals surface area contributed by atoms with Crippen LogP contribution in [-0.2, 0) is 16.6 Å². The molecule has 226 valence electrons. The maximum Gasteiger partial charge on any atom is 0.258 e. The highest BCUT2D eigenvalue weighted by molar-refractivity contribution is 7.89. The molecule has 0 bridgehead atoms. The van der Waals surface area contributed by atoms with Crippen LogP contribution in [0, 0.1) is 18.2 Å². The van der Waals surface area contributed by atoms with Gasteiger partial charge in [0, 0.05) is 72.8 Å². The summed E-state index contributed by atoms with van der Waals surface area (Å²) in [6.45, 7) is 5.30. The van der Waals surface area contributed by atoms with Crippen LogP contribution in [0.1, 0.15) is 42.6 Å². The number of fused-ring (bicyclic) bond motifs is 1. The first-order valence-electron chi connectivity index (χ1n) is 14.1. The van der Waals surface area contributed by atoms with E-state index < -0.39 is 32.9 Å². The minimum atomic E-state index is -4.16. The van der Waals surface area contributed by atoms with E-state index in [-0.39, 0.29) is 71.6 Å². The lowest BCUT2D eigenvalue weighted by Crippen LogP contribution is -2.54. The first-order valence-corrected chi connectivity index (χ1v) is 15.5. The topological polar surface area (TPSA) is 141 Å². The Morgan fingerprint density at radius 2 is 1.90 bits per heavy atom. The Bertz CT molecular complexity index is 1700. The first-order chi connectivity index (χ1) is 19.8. The number of pyridine rings is 1. The van der Waals surface area contributed by atoms with Crippen LogP contribution in [0.2, 0.25) is 0 Å². The van der Waals surface area contributed by atoms with Crippen LogP contribution in [0.3, 0.4) is 0 Å². The van der Waals surface area contributed by atoms with Crippen molar-refractivity contribution in [2.75, 3.05) is 32.8 Å². The number of nitrogens with one attached hydrogen (secondary N) is 2. The number of aliphatic hydroxyl groups excluding tert-OH is 2. The van der Waals surface area contributed by atoms with E-state index in [4.69, 9.17) is 0 Å². The third-order valence-corrected chi connectivity index (χ3v) is 9.85.